The van der Waals surface area contributed by atoms with E-state index in [0.29, 0.717) is 23.2 Å². The van der Waals surface area contributed by atoms with E-state index in [1.807, 2.05) is 0 Å². The largest absolute Gasteiger partial charge is 0.384 e. The molecular weight excluding hydrogens is 302 g/mol. The lowest BCUT2D eigenvalue weighted by Gasteiger charge is -2.09. The zero-order valence-corrected chi connectivity index (χ0v) is 11.8. The van der Waals surface area contributed by atoms with E-state index in [4.69, 9.17) is 28.9 Å². The Morgan fingerprint density at radius 3 is 2.40 bits per heavy atom. The van der Waals surface area contributed by atoms with E-state index in [9.17, 15) is 4.39 Å². The third-order valence-electron chi connectivity index (χ3n) is 2.96. The molecule has 0 spiro atoms. The first-order valence-electron chi connectivity index (χ1n) is 6.09. The predicted molar refractivity (Wildman–Crippen MR) is 78.1 cm³/mol. The Morgan fingerprint density at radius 1 is 1.15 bits per heavy atom. The number of nitrogens with one attached hydrogen (secondary N) is 1. The third-order valence-corrected chi connectivity index (χ3v) is 3.51. The van der Waals surface area contributed by atoms with Crippen LogP contribution in [0.5, 0.6) is 0 Å². The number of aromatic nitrogens is 2. The highest BCUT2D eigenvalue weighted by Gasteiger charge is 2.27. The second kappa shape index (κ2) is 5.07. The van der Waals surface area contributed by atoms with Crippen molar-refractivity contribution in [2.45, 2.75) is 18.8 Å². The van der Waals surface area contributed by atoms with Crippen LogP contribution in [0.3, 0.4) is 0 Å². The molecule has 1 aliphatic rings. The smallest absolute Gasteiger partial charge is 0.160 e. The lowest BCUT2D eigenvalue weighted by atomic mass is 10.3. The lowest BCUT2D eigenvalue weighted by Crippen LogP contribution is -2.03. The highest BCUT2D eigenvalue weighted by Crippen LogP contribution is 2.39. The van der Waals surface area contributed by atoms with Crippen molar-refractivity contribution in [2.24, 2.45) is 0 Å². The minimum atomic E-state index is -0.639. The van der Waals surface area contributed by atoms with Crippen LogP contribution in [-0.2, 0) is 0 Å². The molecule has 7 heteroatoms. The van der Waals surface area contributed by atoms with Crippen molar-refractivity contribution in [3.05, 3.63) is 39.9 Å². The fraction of sp³-hybridized carbons (Fsp3) is 0.231. The zero-order chi connectivity index (χ0) is 14.3. The average Bonchev–Trinajstić information content (AvgIpc) is 3.19. The maximum absolute atomic E-state index is 13.4. The fourth-order valence-electron chi connectivity index (χ4n) is 1.85. The van der Waals surface area contributed by atoms with Crippen LogP contribution in [-0.4, -0.2) is 9.97 Å². The number of anilines is 3. The normalized spacial score (nSPS) is 14.3. The highest BCUT2D eigenvalue weighted by molar-refractivity contribution is 6.35. The first-order valence-corrected chi connectivity index (χ1v) is 6.84. The number of nitrogens with two attached hydrogens (primary N) is 1. The zero-order valence-electron chi connectivity index (χ0n) is 10.3. The Labute approximate surface area is 125 Å². The molecule has 0 atom stereocenters. The number of nitrogen functional groups attached to an aromatic ring is 1. The van der Waals surface area contributed by atoms with Gasteiger partial charge in [0, 0.05) is 17.7 Å². The van der Waals surface area contributed by atoms with E-state index in [-0.39, 0.29) is 10.0 Å². The van der Waals surface area contributed by atoms with Crippen LogP contribution in [0.2, 0.25) is 10.0 Å². The van der Waals surface area contributed by atoms with Gasteiger partial charge >= 0.3 is 0 Å². The van der Waals surface area contributed by atoms with Crippen LogP contribution >= 0.6 is 23.2 Å². The molecular formula is C13H11Cl2FN4. The second-order valence-electron chi connectivity index (χ2n) is 4.69. The van der Waals surface area contributed by atoms with Gasteiger partial charge in [0.1, 0.15) is 17.5 Å². The van der Waals surface area contributed by atoms with Crippen molar-refractivity contribution in [1.82, 2.24) is 9.97 Å². The summed E-state index contributed by atoms with van der Waals surface area (Å²) in [6, 6.07) is 4.49. The van der Waals surface area contributed by atoms with Gasteiger partial charge in [0.2, 0.25) is 0 Å². The Balaban J connectivity index is 1.91. The SMILES string of the molecule is Nc1cc(Nc2cc(Cl)c(F)c(Cl)c2)nc(C2CC2)n1. The summed E-state index contributed by atoms with van der Waals surface area (Å²) in [6.07, 6.45) is 2.16. The van der Waals surface area contributed by atoms with Crippen molar-refractivity contribution < 1.29 is 4.39 Å². The Kier molecular flexibility index (Phi) is 3.40. The van der Waals surface area contributed by atoms with Gasteiger partial charge in [-0.25, -0.2) is 14.4 Å². The number of hydrogen-bond acceptors (Lipinski definition) is 4. The summed E-state index contributed by atoms with van der Waals surface area (Å²) in [6.45, 7) is 0. The van der Waals surface area contributed by atoms with Gasteiger partial charge in [-0.05, 0) is 25.0 Å². The van der Waals surface area contributed by atoms with Crippen molar-refractivity contribution in [3.8, 4) is 0 Å². The fourth-order valence-corrected chi connectivity index (χ4v) is 2.34. The molecule has 1 aromatic carbocycles. The van der Waals surface area contributed by atoms with Gasteiger partial charge in [0.15, 0.2) is 5.82 Å². The van der Waals surface area contributed by atoms with E-state index >= 15 is 0 Å². The maximum Gasteiger partial charge on any atom is 0.160 e. The van der Waals surface area contributed by atoms with Gasteiger partial charge in [-0.15, -0.1) is 0 Å². The van der Waals surface area contributed by atoms with Gasteiger partial charge in [-0.2, -0.15) is 0 Å². The van der Waals surface area contributed by atoms with Gasteiger partial charge in [0.25, 0.3) is 0 Å². The molecule has 0 amide bonds. The third kappa shape index (κ3) is 2.78. The summed E-state index contributed by atoms with van der Waals surface area (Å²) in [5.41, 5.74) is 6.30. The van der Waals surface area contributed by atoms with E-state index in [2.05, 4.69) is 15.3 Å². The monoisotopic (exact) mass is 312 g/mol. The Bertz CT molecular complexity index is 650. The molecule has 0 unspecified atom stereocenters. The Hall–Kier alpha value is -1.59. The summed E-state index contributed by atoms with van der Waals surface area (Å²) in [5, 5.41) is 2.91. The molecule has 1 aromatic heterocycles. The highest BCUT2D eigenvalue weighted by atomic mass is 35.5. The van der Waals surface area contributed by atoms with Crippen LogP contribution in [0.1, 0.15) is 24.6 Å². The topological polar surface area (TPSA) is 63.8 Å². The molecule has 2 aromatic rings. The first-order chi connectivity index (χ1) is 9.52. The minimum Gasteiger partial charge on any atom is -0.384 e. The molecule has 1 aliphatic carbocycles. The maximum atomic E-state index is 13.4. The standard InChI is InChI=1S/C13H11Cl2FN4/c14-8-3-7(4-9(15)12(8)16)18-11-5-10(17)19-13(20-11)6-1-2-6/h3-6H,1-2H2,(H3,17,18,19,20). The number of rotatable bonds is 3. The molecule has 0 bridgehead atoms. The van der Waals surface area contributed by atoms with E-state index in [0.717, 1.165) is 18.7 Å². The molecule has 104 valence electrons. The van der Waals surface area contributed by atoms with Crippen molar-refractivity contribution in [2.75, 3.05) is 11.1 Å². The number of halogens is 3. The minimum absolute atomic E-state index is 0.0514. The summed E-state index contributed by atoms with van der Waals surface area (Å²) in [4.78, 5) is 8.59. The van der Waals surface area contributed by atoms with Gasteiger partial charge in [0.05, 0.1) is 10.0 Å². The molecule has 0 saturated heterocycles. The van der Waals surface area contributed by atoms with Gasteiger partial charge < -0.3 is 11.1 Å². The molecule has 0 radical (unpaired) electrons. The van der Waals surface area contributed by atoms with Crippen LogP contribution < -0.4 is 11.1 Å². The van der Waals surface area contributed by atoms with Gasteiger partial charge in [-0.3, -0.25) is 0 Å². The van der Waals surface area contributed by atoms with Crippen molar-refractivity contribution >= 4 is 40.5 Å². The van der Waals surface area contributed by atoms with Crippen LogP contribution in [0.4, 0.5) is 21.7 Å². The summed E-state index contributed by atoms with van der Waals surface area (Å²) in [7, 11) is 0. The van der Waals surface area contributed by atoms with Crippen molar-refractivity contribution in [3.63, 3.8) is 0 Å². The van der Waals surface area contributed by atoms with Crippen LogP contribution in [0.15, 0.2) is 18.2 Å². The summed E-state index contributed by atoms with van der Waals surface area (Å²) < 4.78 is 13.4. The van der Waals surface area contributed by atoms with E-state index in [1.54, 1.807) is 6.07 Å². The second-order valence-corrected chi connectivity index (χ2v) is 5.50. The van der Waals surface area contributed by atoms with Gasteiger partial charge in [-0.1, -0.05) is 23.2 Å². The number of benzene rings is 1. The van der Waals surface area contributed by atoms with E-state index < -0.39 is 5.82 Å². The lowest BCUT2D eigenvalue weighted by molar-refractivity contribution is 0.629. The molecule has 1 fully saturated rings. The predicted octanol–water partition coefficient (Wildman–Crippen LogP) is 4.13. The molecule has 4 nitrogen and oxygen atoms in total. The van der Waals surface area contributed by atoms with Crippen LogP contribution in [0.25, 0.3) is 0 Å². The average molecular weight is 313 g/mol. The summed E-state index contributed by atoms with van der Waals surface area (Å²) >= 11 is 11.5. The summed E-state index contributed by atoms with van der Waals surface area (Å²) in [5.74, 6) is 1.41. The molecule has 3 rings (SSSR count). The Morgan fingerprint density at radius 2 is 1.80 bits per heavy atom. The van der Waals surface area contributed by atoms with Crippen molar-refractivity contribution in [1.29, 1.82) is 0 Å². The molecule has 20 heavy (non-hydrogen) atoms. The van der Waals surface area contributed by atoms with Crippen LogP contribution in [0, 0.1) is 5.82 Å². The molecule has 0 aliphatic heterocycles. The quantitative estimate of drug-likeness (QED) is 0.837. The first kappa shape index (κ1) is 13.4. The number of nitrogens with zero attached hydrogens (tertiary/aromatic N) is 2. The molecule has 1 heterocycles. The molecule has 3 N–H and O–H groups in total. The van der Waals surface area contributed by atoms with E-state index in [1.165, 1.54) is 12.1 Å². The molecule has 1 saturated carbocycles. The number of hydrogen-bond donors (Lipinski definition) is 2.